The van der Waals surface area contributed by atoms with Gasteiger partial charge in [0.1, 0.15) is 0 Å². The Labute approximate surface area is 149 Å². The molecule has 0 unspecified atom stereocenters. The molecule has 8 heteroatoms. The Morgan fingerprint density at radius 1 is 1.16 bits per heavy atom. The number of carbonyl (C=O) groups is 2. The number of nitrogens with one attached hydrogen (secondary N) is 2. The molecule has 2 amide bonds. The lowest BCUT2D eigenvalue weighted by atomic mass is 10.1. The number of anilines is 2. The zero-order valence-electron chi connectivity index (χ0n) is 13.6. The summed E-state index contributed by atoms with van der Waals surface area (Å²) in [7, 11) is 0. The van der Waals surface area contributed by atoms with Gasteiger partial charge < -0.3 is 10.6 Å². The highest BCUT2D eigenvalue weighted by atomic mass is 35.5. The second-order valence-corrected chi connectivity index (χ2v) is 5.72. The van der Waals surface area contributed by atoms with Crippen LogP contribution in [-0.4, -0.2) is 16.7 Å². The number of nitrogens with zero attached hydrogens (tertiary/aromatic N) is 1. The highest BCUT2D eigenvalue weighted by molar-refractivity contribution is 6.34. The molecule has 7 nitrogen and oxygen atoms in total. The molecular weight excluding hydrogens is 346 g/mol. The summed E-state index contributed by atoms with van der Waals surface area (Å²) in [5.41, 5.74) is 1.43. The largest absolute Gasteiger partial charge is 0.326 e. The van der Waals surface area contributed by atoms with Gasteiger partial charge >= 0.3 is 0 Å². The third-order valence-corrected chi connectivity index (χ3v) is 3.80. The number of nitro benzene ring substituents is 1. The van der Waals surface area contributed by atoms with Crippen LogP contribution in [0.2, 0.25) is 5.02 Å². The lowest BCUT2D eigenvalue weighted by Gasteiger charge is -2.11. The minimum absolute atomic E-state index is 0.0566. The van der Waals surface area contributed by atoms with Crippen molar-refractivity contribution in [1.29, 1.82) is 0 Å². The zero-order valence-corrected chi connectivity index (χ0v) is 14.4. The number of halogens is 1. The summed E-state index contributed by atoms with van der Waals surface area (Å²) in [5.74, 6) is -0.621. The summed E-state index contributed by atoms with van der Waals surface area (Å²) < 4.78 is 0. The van der Waals surface area contributed by atoms with Gasteiger partial charge in [-0.25, -0.2) is 0 Å². The van der Waals surface area contributed by atoms with Gasteiger partial charge in [-0.2, -0.15) is 0 Å². The second-order valence-electron chi connectivity index (χ2n) is 5.31. The Balaban J connectivity index is 2.22. The van der Waals surface area contributed by atoms with E-state index < -0.39 is 10.8 Å². The third-order valence-electron chi connectivity index (χ3n) is 3.48. The average Bonchev–Trinajstić information content (AvgIpc) is 2.57. The minimum Gasteiger partial charge on any atom is -0.326 e. The lowest BCUT2D eigenvalue weighted by Crippen LogP contribution is -2.14. The van der Waals surface area contributed by atoms with Gasteiger partial charge in [-0.05, 0) is 37.3 Å². The first-order valence-corrected chi connectivity index (χ1v) is 7.85. The fraction of sp³-hybridized carbons (Fsp3) is 0.176. The fourth-order valence-corrected chi connectivity index (χ4v) is 2.31. The fourth-order valence-electron chi connectivity index (χ4n) is 2.14. The van der Waals surface area contributed by atoms with Crippen molar-refractivity contribution < 1.29 is 14.5 Å². The van der Waals surface area contributed by atoms with E-state index in [2.05, 4.69) is 10.6 Å². The first-order valence-electron chi connectivity index (χ1n) is 7.47. The monoisotopic (exact) mass is 361 g/mol. The molecule has 0 bridgehead atoms. The third kappa shape index (κ3) is 4.54. The topological polar surface area (TPSA) is 101 Å². The number of amides is 2. The SMILES string of the molecule is CCC(=O)Nc1ccc(Cl)c(NC(=O)c2ccc([N+](=O)[O-])c(C)c2)c1. The van der Waals surface area contributed by atoms with Gasteiger partial charge in [0.05, 0.1) is 15.6 Å². The molecular formula is C17H16ClN3O4. The number of carbonyl (C=O) groups excluding carboxylic acids is 2. The highest BCUT2D eigenvalue weighted by Crippen LogP contribution is 2.27. The summed E-state index contributed by atoms with van der Waals surface area (Å²) in [6.07, 6.45) is 0.326. The van der Waals surface area contributed by atoms with Gasteiger partial charge in [0, 0.05) is 29.3 Å². The standard InChI is InChI=1S/C17H16ClN3O4/c1-3-16(22)19-12-5-6-13(18)14(9-12)20-17(23)11-4-7-15(21(24)25)10(2)8-11/h4-9H,3H2,1-2H3,(H,19,22)(H,20,23). The number of hydrogen-bond acceptors (Lipinski definition) is 4. The summed E-state index contributed by atoms with van der Waals surface area (Å²) >= 11 is 6.08. The first kappa shape index (κ1) is 18.4. The number of nitro groups is 1. The van der Waals surface area contributed by atoms with Gasteiger partial charge in [-0.3, -0.25) is 19.7 Å². The molecule has 0 aliphatic carbocycles. The van der Waals surface area contributed by atoms with Crippen LogP contribution in [0.5, 0.6) is 0 Å². The van der Waals surface area contributed by atoms with Gasteiger partial charge in [0.2, 0.25) is 5.91 Å². The van der Waals surface area contributed by atoms with E-state index in [0.29, 0.717) is 28.4 Å². The number of hydrogen-bond donors (Lipinski definition) is 2. The van der Waals surface area contributed by atoms with E-state index >= 15 is 0 Å². The molecule has 0 aliphatic heterocycles. The van der Waals surface area contributed by atoms with Crippen LogP contribution in [0.3, 0.4) is 0 Å². The van der Waals surface area contributed by atoms with E-state index in [1.165, 1.54) is 18.2 Å². The van der Waals surface area contributed by atoms with E-state index in [0.717, 1.165) is 0 Å². The molecule has 130 valence electrons. The Hall–Kier alpha value is -2.93. The normalized spacial score (nSPS) is 10.2. The van der Waals surface area contributed by atoms with Crippen LogP contribution in [0.4, 0.5) is 17.1 Å². The van der Waals surface area contributed by atoms with Crippen LogP contribution in [0.25, 0.3) is 0 Å². The molecule has 0 saturated heterocycles. The van der Waals surface area contributed by atoms with Crippen molar-refractivity contribution >= 4 is 40.5 Å². The molecule has 2 rings (SSSR count). The minimum atomic E-state index is -0.506. The van der Waals surface area contributed by atoms with Crippen molar-refractivity contribution in [2.45, 2.75) is 20.3 Å². The van der Waals surface area contributed by atoms with E-state index in [1.54, 1.807) is 32.0 Å². The van der Waals surface area contributed by atoms with E-state index in [1.807, 2.05) is 0 Å². The quantitative estimate of drug-likeness (QED) is 0.616. The zero-order chi connectivity index (χ0) is 18.6. The number of aryl methyl sites for hydroxylation is 1. The predicted octanol–water partition coefficient (Wildman–Crippen LogP) is 4.16. The van der Waals surface area contributed by atoms with Gasteiger partial charge in [-0.1, -0.05) is 18.5 Å². The lowest BCUT2D eigenvalue weighted by molar-refractivity contribution is -0.385. The maximum absolute atomic E-state index is 12.4. The average molecular weight is 362 g/mol. The molecule has 0 radical (unpaired) electrons. The molecule has 0 atom stereocenters. The highest BCUT2D eigenvalue weighted by Gasteiger charge is 2.15. The Morgan fingerprint density at radius 3 is 2.48 bits per heavy atom. The molecule has 0 saturated carbocycles. The molecule has 0 fully saturated rings. The predicted molar refractivity (Wildman–Crippen MR) is 96.2 cm³/mol. The molecule has 0 spiro atoms. The summed E-state index contributed by atoms with van der Waals surface area (Å²) in [4.78, 5) is 34.2. The Kier molecular flexibility index (Phi) is 5.71. The number of rotatable bonds is 5. The van der Waals surface area contributed by atoms with Crippen molar-refractivity contribution in [2.24, 2.45) is 0 Å². The van der Waals surface area contributed by atoms with Gasteiger partial charge in [0.15, 0.2) is 0 Å². The van der Waals surface area contributed by atoms with Gasteiger partial charge in [0.25, 0.3) is 11.6 Å². The van der Waals surface area contributed by atoms with Crippen LogP contribution in [0, 0.1) is 17.0 Å². The molecule has 0 aromatic heterocycles. The summed E-state index contributed by atoms with van der Waals surface area (Å²) in [6.45, 7) is 3.29. The molecule has 2 aromatic carbocycles. The molecule has 0 aliphatic rings. The molecule has 2 N–H and O–H groups in total. The molecule has 0 heterocycles. The smallest absolute Gasteiger partial charge is 0.272 e. The van der Waals surface area contributed by atoms with E-state index in [-0.39, 0.29) is 17.2 Å². The van der Waals surface area contributed by atoms with E-state index in [9.17, 15) is 19.7 Å². The van der Waals surface area contributed by atoms with Crippen molar-refractivity contribution in [2.75, 3.05) is 10.6 Å². The molecule has 25 heavy (non-hydrogen) atoms. The van der Waals surface area contributed by atoms with Crippen molar-refractivity contribution in [3.05, 3.63) is 62.7 Å². The maximum atomic E-state index is 12.4. The van der Waals surface area contributed by atoms with Crippen LogP contribution in [0.15, 0.2) is 36.4 Å². The van der Waals surface area contributed by atoms with Crippen molar-refractivity contribution in [3.63, 3.8) is 0 Å². The Morgan fingerprint density at radius 2 is 1.88 bits per heavy atom. The summed E-state index contributed by atoms with van der Waals surface area (Å²) in [5, 5.41) is 16.5. The maximum Gasteiger partial charge on any atom is 0.272 e. The molecule has 2 aromatic rings. The Bertz CT molecular complexity index is 852. The van der Waals surface area contributed by atoms with Crippen LogP contribution in [0.1, 0.15) is 29.3 Å². The van der Waals surface area contributed by atoms with Crippen molar-refractivity contribution in [1.82, 2.24) is 0 Å². The van der Waals surface area contributed by atoms with Crippen LogP contribution in [-0.2, 0) is 4.79 Å². The second kappa shape index (κ2) is 7.76. The van der Waals surface area contributed by atoms with Gasteiger partial charge in [-0.15, -0.1) is 0 Å². The van der Waals surface area contributed by atoms with Crippen LogP contribution >= 0.6 is 11.6 Å². The number of benzene rings is 2. The summed E-state index contributed by atoms with van der Waals surface area (Å²) in [6, 6.07) is 8.82. The van der Waals surface area contributed by atoms with Crippen molar-refractivity contribution in [3.8, 4) is 0 Å². The van der Waals surface area contributed by atoms with Crippen LogP contribution < -0.4 is 10.6 Å². The first-order chi connectivity index (χ1) is 11.8. The van der Waals surface area contributed by atoms with E-state index in [4.69, 9.17) is 11.6 Å².